The SMILES string of the molecule is CC(C)C(=O)N1CCC(NC(=O)CCc2nc(-c3ccccc3F)no2)CC1. The molecule has 2 heterocycles. The summed E-state index contributed by atoms with van der Waals surface area (Å²) in [7, 11) is 0. The summed E-state index contributed by atoms with van der Waals surface area (Å²) >= 11 is 0. The molecule has 1 aromatic carbocycles. The zero-order chi connectivity index (χ0) is 20.1. The van der Waals surface area contributed by atoms with Gasteiger partial charge in [-0.25, -0.2) is 4.39 Å². The molecule has 28 heavy (non-hydrogen) atoms. The van der Waals surface area contributed by atoms with Crippen LogP contribution in [0.2, 0.25) is 0 Å². The summed E-state index contributed by atoms with van der Waals surface area (Å²) < 4.78 is 18.9. The Balaban J connectivity index is 1.44. The number of hydrogen-bond acceptors (Lipinski definition) is 5. The number of rotatable bonds is 6. The van der Waals surface area contributed by atoms with Crippen LogP contribution < -0.4 is 5.32 Å². The molecule has 0 saturated carbocycles. The molecule has 0 spiro atoms. The number of amides is 2. The van der Waals surface area contributed by atoms with E-state index >= 15 is 0 Å². The van der Waals surface area contributed by atoms with Crippen molar-refractivity contribution in [2.75, 3.05) is 13.1 Å². The number of halogens is 1. The topological polar surface area (TPSA) is 88.3 Å². The molecule has 1 aromatic heterocycles. The lowest BCUT2D eigenvalue weighted by atomic mass is 10.0. The molecule has 1 aliphatic rings. The Kier molecular flexibility index (Phi) is 6.38. The molecule has 1 fully saturated rings. The molecule has 0 unspecified atom stereocenters. The molecule has 0 atom stereocenters. The zero-order valence-electron chi connectivity index (χ0n) is 16.2. The van der Waals surface area contributed by atoms with Crippen LogP contribution in [0, 0.1) is 11.7 Å². The summed E-state index contributed by atoms with van der Waals surface area (Å²) in [5.74, 6) is 0.109. The van der Waals surface area contributed by atoms with Gasteiger partial charge in [-0.1, -0.05) is 31.1 Å². The molecule has 1 saturated heterocycles. The van der Waals surface area contributed by atoms with Crippen molar-refractivity contribution in [2.24, 2.45) is 5.92 Å². The number of carbonyl (C=O) groups is 2. The van der Waals surface area contributed by atoms with Crippen LogP contribution in [0.4, 0.5) is 4.39 Å². The number of nitrogens with zero attached hydrogens (tertiary/aromatic N) is 3. The molecule has 1 N–H and O–H groups in total. The fourth-order valence-electron chi connectivity index (χ4n) is 3.24. The van der Waals surface area contributed by atoms with Crippen molar-refractivity contribution in [3.63, 3.8) is 0 Å². The highest BCUT2D eigenvalue weighted by Crippen LogP contribution is 2.19. The number of benzene rings is 1. The minimum atomic E-state index is -0.421. The van der Waals surface area contributed by atoms with Gasteiger partial charge < -0.3 is 14.7 Å². The predicted molar refractivity (Wildman–Crippen MR) is 101 cm³/mol. The van der Waals surface area contributed by atoms with Gasteiger partial charge in [-0.15, -0.1) is 0 Å². The van der Waals surface area contributed by atoms with E-state index in [1.165, 1.54) is 6.07 Å². The molecule has 0 aliphatic carbocycles. The first-order chi connectivity index (χ1) is 13.4. The van der Waals surface area contributed by atoms with E-state index in [4.69, 9.17) is 4.52 Å². The molecule has 1 aliphatic heterocycles. The first-order valence-corrected chi connectivity index (χ1v) is 9.59. The third kappa shape index (κ3) is 4.94. The summed E-state index contributed by atoms with van der Waals surface area (Å²) in [5.41, 5.74) is 0.268. The van der Waals surface area contributed by atoms with Crippen LogP contribution in [0.3, 0.4) is 0 Å². The molecule has 8 heteroatoms. The van der Waals surface area contributed by atoms with Gasteiger partial charge in [0.2, 0.25) is 23.5 Å². The van der Waals surface area contributed by atoms with Crippen molar-refractivity contribution in [1.29, 1.82) is 0 Å². The quantitative estimate of drug-likeness (QED) is 0.822. The minimum Gasteiger partial charge on any atom is -0.353 e. The third-order valence-corrected chi connectivity index (χ3v) is 4.81. The van der Waals surface area contributed by atoms with Crippen molar-refractivity contribution >= 4 is 11.8 Å². The predicted octanol–water partition coefficient (Wildman–Crippen LogP) is 2.57. The number of aryl methyl sites for hydroxylation is 1. The number of carbonyl (C=O) groups excluding carboxylic acids is 2. The first-order valence-electron chi connectivity index (χ1n) is 9.59. The summed E-state index contributed by atoms with van der Waals surface area (Å²) in [5, 5.41) is 6.78. The van der Waals surface area contributed by atoms with Crippen molar-refractivity contribution in [3.05, 3.63) is 36.0 Å². The van der Waals surface area contributed by atoms with Gasteiger partial charge in [0.25, 0.3) is 0 Å². The Morgan fingerprint density at radius 3 is 2.68 bits per heavy atom. The Morgan fingerprint density at radius 1 is 1.29 bits per heavy atom. The highest BCUT2D eigenvalue weighted by atomic mass is 19.1. The molecule has 3 rings (SSSR count). The van der Waals surface area contributed by atoms with Gasteiger partial charge in [0.15, 0.2) is 0 Å². The van der Waals surface area contributed by atoms with Crippen LogP contribution >= 0.6 is 0 Å². The Bertz CT molecular complexity index is 828. The van der Waals surface area contributed by atoms with E-state index in [9.17, 15) is 14.0 Å². The molecule has 0 bridgehead atoms. The summed E-state index contributed by atoms with van der Waals surface area (Å²) in [6.07, 6.45) is 2.01. The highest BCUT2D eigenvalue weighted by molar-refractivity contribution is 5.78. The number of likely N-dealkylation sites (tertiary alicyclic amines) is 1. The maximum Gasteiger partial charge on any atom is 0.227 e. The van der Waals surface area contributed by atoms with Crippen molar-refractivity contribution in [2.45, 2.75) is 45.6 Å². The first kappa shape index (κ1) is 20.0. The molecule has 2 aromatic rings. The monoisotopic (exact) mass is 388 g/mol. The highest BCUT2D eigenvalue weighted by Gasteiger charge is 2.25. The van der Waals surface area contributed by atoms with Crippen LogP contribution in [0.15, 0.2) is 28.8 Å². The maximum absolute atomic E-state index is 13.8. The normalized spacial score (nSPS) is 15.1. The lowest BCUT2D eigenvalue weighted by molar-refractivity contribution is -0.135. The van der Waals surface area contributed by atoms with E-state index in [0.29, 0.717) is 19.0 Å². The molecular formula is C20H25FN4O3. The Morgan fingerprint density at radius 2 is 2.00 bits per heavy atom. The Hall–Kier alpha value is -2.77. The number of nitrogens with one attached hydrogen (secondary N) is 1. The largest absolute Gasteiger partial charge is 0.353 e. The van der Waals surface area contributed by atoms with E-state index in [-0.39, 0.29) is 48.0 Å². The van der Waals surface area contributed by atoms with Crippen molar-refractivity contribution in [1.82, 2.24) is 20.4 Å². The van der Waals surface area contributed by atoms with Crippen molar-refractivity contribution in [3.8, 4) is 11.4 Å². The molecular weight excluding hydrogens is 363 g/mol. The van der Waals surface area contributed by atoms with Gasteiger partial charge in [-0.2, -0.15) is 4.98 Å². The van der Waals surface area contributed by atoms with Gasteiger partial charge in [-0.3, -0.25) is 9.59 Å². The van der Waals surface area contributed by atoms with Gasteiger partial charge in [-0.05, 0) is 25.0 Å². The average Bonchev–Trinajstić information content (AvgIpc) is 3.15. The molecule has 7 nitrogen and oxygen atoms in total. The van der Waals surface area contributed by atoms with E-state index < -0.39 is 5.82 Å². The third-order valence-electron chi connectivity index (χ3n) is 4.81. The molecule has 0 radical (unpaired) electrons. The summed E-state index contributed by atoms with van der Waals surface area (Å²) in [6.45, 7) is 5.12. The van der Waals surface area contributed by atoms with Gasteiger partial charge in [0.05, 0.1) is 5.56 Å². The van der Waals surface area contributed by atoms with Gasteiger partial charge in [0, 0.05) is 37.9 Å². The van der Waals surface area contributed by atoms with E-state index in [1.54, 1.807) is 18.2 Å². The second-order valence-electron chi connectivity index (χ2n) is 7.31. The van der Waals surface area contributed by atoms with E-state index in [0.717, 1.165) is 12.8 Å². The molecule has 2 amide bonds. The second kappa shape index (κ2) is 8.95. The van der Waals surface area contributed by atoms with Gasteiger partial charge >= 0.3 is 0 Å². The lowest BCUT2D eigenvalue weighted by Crippen LogP contribution is -2.47. The Labute approximate surface area is 163 Å². The summed E-state index contributed by atoms with van der Waals surface area (Å²) in [6, 6.07) is 6.27. The van der Waals surface area contributed by atoms with Crippen molar-refractivity contribution < 1.29 is 18.5 Å². The minimum absolute atomic E-state index is 0.00482. The fourth-order valence-corrected chi connectivity index (χ4v) is 3.24. The van der Waals surface area contributed by atoms with E-state index in [1.807, 2.05) is 18.7 Å². The fraction of sp³-hybridized carbons (Fsp3) is 0.500. The van der Waals surface area contributed by atoms with Crippen LogP contribution in [-0.2, 0) is 16.0 Å². The number of aromatic nitrogens is 2. The average molecular weight is 388 g/mol. The van der Waals surface area contributed by atoms with Crippen LogP contribution in [-0.4, -0.2) is 46.0 Å². The van der Waals surface area contributed by atoms with E-state index in [2.05, 4.69) is 15.5 Å². The standard InChI is InChI=1S/C20H25FN4O3/c1-13(2)20(27)25-11-9-14(10-12-25)22-17(26)7-8-18-23-19(24-28-18)15-5-3-4-6-16(15)21/h3-6,13-14H,7-12H2,1-2H3,(H,22,26). The second-order valence-corrected chi connectivity index (χ2v) is 7.31. The molecule has 150 valence electrons. The van der Waals surface area contributed by atoms with Crippen LogP contribution in [0.1, 0.15) is 39.0 Å². The number of piperidine rings is 1. The number of hydrogen-bond donors (Lipinski definition) is 1. The maximum atomic E-state index is 13.8. The zero-order valence-corrected chi connectivity index (χ0v) is 16.2. The summed E-state index contributed by atoms with van der Waals surface area (Å²) in [4.78, 5) is 30.2. The lowest BCUT2D eigenvalue weighted by Gasteiger charge is -2.33. The smallest absolute Gasteiger partial charge is 0.227 e. The van der Waals surface area contributed by atoms with Crippen LogP contribution in [0.25, 0.3) is 11.4 Å². The van der Waals surface area contributed by atoms with Gasteiger partial charge in [0.1, 0.15) is 5.82 Å². The van der Waals surface area contributed by atoms with Crippen LogP contribution in [0.5, 0.6) is 0 Å².